The Morgan fingerprint density at radius 1 is 1.15 bits per heavy atom. The number of aliphatic imine (C=N–C) groups is 1. The summed E-state index contributed by atoms with van der Waals surface area (Å²) >= 11 is 0. The molecule has 0 aromatic rings. The molecule has 0 unspecified atom stereocenters. The van der Waals surface area contributed by atoms with E-state index in [1.165, 1.54) is 32.1 Å². The number of hydrogen-bond acceptors (Lipinski definition) is 3. The number of nitrogens with one attached hydrogen (secondary N) is 2. The molecule has 26 heavy (non-hydrogen) atoms. The molecule has 154 valence electrons. The Hall–Kier alpha value is -0.0800. The third-order valence-corrected chi connectivity index (χ3v) is 5.78. The molecule has 1 aliphatic carbocycles. The summed E-state index contributed by atoms with van der Waals surface area (Å²) in [4.78, 5) is 4.87. The standard InChI is InChI=1S/C20H39N3O2.HI/c1-3-20(10-5-6-11-20)17-23-19(21-4-2)22-12-7-13-25-16-18-8-14-24-15-9-18;/h18H,3-17H2,1-2H3,(H2,21,22,23);1H. The molecule has 6 heteroatoms. The van der Waals surface area contributed by atoms with Crippen molar-refractivity contribution in [1.82, 2.24) is 10.6 Å². The lowest BCUT2D eigenvalue weighted by Gasteiger charge is -2.25. The van der Waals surface area contributed by atoms with E-state index in [9.17, 15) is 0 Å². The Labute approximate surface area is 177 Å². The van der Waals surface area contributed by atoms with Crippen molar-refractivity contribution in [1.29, 1.82) is 0 Å². The molecule has 1 heterocycles. The Kier molecular flexibility index (Phi) is 12.9. The molecule has 5 nitrogen and oxygen atoms in total. The largest absolute Gasteiger partial charge is 0.381 e. The third-order valence-electron chi connectivity index (χ3n) is 5.78. The summed E-state index contributed by atoms with van der Waals surface area (Å²) in [6, 6.07) is 0. The van der Waals surface area contributed by atoms with Crippen LogP contribution < -0.4 is 10.6 Å². The van der Waals surface area contributed by atoms with E-state index in [0.717, 1.165) is 71.3 Å². The van der Waals surface area contributed by atoms with Gasteiger partial charge in [-0.2, -0.15) is 0 Å². The first-order valence-electron chi connectivity index (χ1n) is 10.5. The van der Waals surface area contributed by atoms with Gasteiger partial charge in [-0.25, -0.2) is 0 Å². The summed E-state index contributed by atoms with van der Waals surface area (Å²) < 4.78 is 11.2. The number of nitrogens with zero attached hydrogens (tertiary/aromatic N) is 1. The zero-order chi connectivity index (χ0) is 17.8. The van der Waals surface area contributed by atoms with Crippen LogP contribution in [0.1, 0.15) is 65.2 Å². The smallest absolute Gasteiger partial charge is 0.191 e. The van der Waals surface area contributed by atoms with Crippen molar-refractivity contribution in [3.63, 3.8) is 0 Å². The minimum Gasteiger partial charge on any atom is -0.381 e. The SMILES string of the molecule is CCNC(=NCC1(CC)CCCC1)NCCCOCC1CCOCC1.I. The number of ether oxygens (including phenoxy) is 2. The van der Waals surface area contributed by atoms with Crippen molar-refractivity contribution >= 4 is 29.9 Å². The molecule has 0 radical (unpaired) electrons. The Morgan fingerprint density at radius 2 is 1.88 bits per heavy atom. The maximum Gasteiger partial charge on any atom is 0.191 e. The van der Waals surface area contributed by atoms with Gasteiger partial charge in [-0.15, -0.1) is 24.0 Å². The van der Waals surface area contributed by atoms with Crippen LogP contribution in [0, 0.1) is 11.3 Å². The summed E-state index contributed by atoms with van der Waals surface area (Å²) in [5.74, 6) is 1.66. The fraction of sp³-hybridized carbons (Fsp3) is 0.950. The monoisotopic (exact) mass is 481 g/mol. The van der Waals surface area contributed by atoms with Gasteiger partial charge in [0.1, 0.15) is 0 Å². The lowest BCUT2D eigenvalue weighted by Crippen LogP contribution is -2.39. The highest BCUT2D eigenvalue weighted by Gasteiger charge is 2.31. The summed E-state index contributed by atoms with van der Waals surface area (Å²) in [7, 11) is 0. The van der Waals surface area contributed by atoms with Gasteiger partial charge in [-0.1, -0.05) is 19.8 Å². The van der Waals surface area contributed by atoms with Crippen LogP contribution in [0.25, 0.3) is 0 Å². The van der Waals surface area contributed by atoms with Gasteiger partial charge in [0, 0.05) is 46.1 Å². The average molecular weight is 481 g/mol. The fourth-order valence-electron chi connectivity index (χ4n) is 3.88. The molecule has 0 aromatic carbocycles. The quantitative estimate of drug-likeness (QED) is 0.215. The van der Waals surface area contributed by atoms with Crippen LogP contribution in [0.15, 0.2) is 4.99 Å². The van der Waals surface area contributed by atoms with Crippen molar-refractivity contribution in [2.45, 2.75) is 65.2 Å². The van der Waals surface area contributed by atoms with Crippen LogP contribution in [0.3, 0.4) is 0 Å². The molecule has 2 rings (SSSR count). The van der Waals surface area contributed by atoms with Crippen molar-refractivity contribution in [3.05, 3.63) is 0 Å². The zero-order valence-corrected chi connectivity index (χ0v) is 19.2. The highest BCUT2D eigenvalue weighted by molar-refractivity contribution is 14.0. The molecule has 1 saturated heterocycles. The first-order chi connectivity index (χ1) is 12.3. The van der Waals surface area contributed by atoms with Gasteiger partial charge in [-0.05, 0) is 56.8 Å². The van der Waals surface area contributed by atoms with Gasteiger partial charge in [0.05, 0.1) is 0 Å². The number of hydrogen-bond donors (Lipinski definition) is 2. The second kappa shape index (κ2) is 14.0. The van der Waals surface area contributed by atoms with Crippen molar-refractivity contribution in [2.75, 3.05) is 46.1 Å². The number of guanidine groups is 1. The molecule has 0 bridgehead atoms. The van der Waals surface area contributed by atoms with E-state index >= 15 is 0 Å². The maximum absolute atomic E-state index is 5.83. The average Bonchev–Trinajstić information content (AvgIpc) is 3.13. The molecular weight excluding hydrogens is 441 g/mol. The third kappa shape index (κ3) is 8.74. The van der Waals surface area contributed by atoms with E-state index < -0.39 is 0 Å². The normalized spacial score (nSPS) is 20.6. The molecule has 0 amide bonds. The van der Waals surface area contributed by atoms with Crippen LogP contribution in [0.4, 0.5) is 0 Å². The van der Waals surface area contributed by atoms with Gasteiger partial charge >= 0.3 is 0 Å². The lowest BCUT2D eigenvalue weighted by atomic mass is 9.84. The Bertz CT molecular complexity index is 381. The van der Waals surface area contributed by atoms with Crippen LogP contribution in [-0.2, 0) is 9.47 Å². The molecule has 2 N–H and O–H groups in total. The zero-order valence-electron chi connectivity index (χ0n) is 16.9. The molecule has 0 aromatic heterocycles. The summed E-state index contributed by atoms with van der Waals surface area (Å²) in [5.41, 5.74) is 0.454. The number of halogens is 1. The Morgan fingerprint density at radius 3 is 2.54 bits per heavy atom. The van der Waals surface area contributed by atoms with Gasteiger partial charge in [-0.3, -0.25) is 4.99 Å². The minimum absolute atomic E-state index is 0. The van der Waals surface area contributed by atoms with Crippen LogP contribution in [0.5, 0.6) is 0 Å². The van der Waals surface area contributed by atoms with E-state index in [0.29, 0.717) is 11.3 Å². The second-order valence-corrected chi connectivity index (χ2v) is 7.67. The van der Waals surface area contributed by atoms with E-state index in [4.69, 9.17) is 14.5 Å². The first-order valence-corrected chi connectivity index (χ1v) is 10.5. The fourth-order valence-corrected chi connectivity index (χ4v) is 3.88. The topological polar surface area (TPSA) is 54.9 Å². The Balaban J connectivity index is 0.00000338. The van der Waals surface area contributed by atoms with Crippen molar-refractivity contribution in [2.24, 2.45) is 16.3 Å². The molecule has 2 fully saturated rings. The summed E-state index contributed by atoms with van der Waals surface area (Å²) in [6.45, 7) is 10.7. The van der Waals surface area contributed by atoms with Crippen molar-refractivity contribution in [3.8, 4) is 0 Å². The van der Waals surface area contributed by atoms with Crippen LogP contribution in [-0.4, -0.2) is 52.0 Å². The molecule has 0 atom stereocenters. The first kappa shape index (κ1) is 24.0. The molecule has 0 spiro atoms. The van der Waals surface area contributed by atoms with Gasteiger partial charge < -0.3 is 20.1 Å². The van der Waals surface area contributed by atoms with E-state index in [1.807, 2.05) is 0 Å². The van der Waals surface area contributed by atoms with E-state index in [-0.39, 0.29) is 24.0 Å². The predicted molar refractivity (Wildman–Crippen MR) is 120 cm³/mol. The van der Waals surface area contributed by atoms with E-state index in [1.54, 1.807) is 0 Å². The predicted octanol–water partition coefficient (Wildman–Crippen LogP) is 3.96. The van der Waals surface area contributed by atoms with Crippen molar-refractivity contribution < 1.29 is 9.47 Å². The maximum atomic E-state index is 5.83. The highest BCUT2D eigenvalue weighted by atomic mass is 127. The molecule has 1 saturated carbocycles. The van der Waals surface area contributed by atoms with Crippen LogP contribution >= 0.6 is 24.0 Å². The van der Waals surface area contributed by atoms with Gasteiger partial charge in [0.2, 0.25) is 0 Å². The molecular formula is C20H40IN3O2. The minimum atomic E-state index is 0. The molecule has 2 aliphatic rings. The summed E-state index contributed by atoms with van der Waals surface area (Å²) in [6.07, 6.45) is 9.99. The summed E-state index contributed by atoms with van der Waals surface area (Å²) in [5, 5.41) is 6.84. The van der Waals surface area contributed by atoms with Crippen LogP contribution in [0.2, 0.25) is 0 Å². The highest BCUT2D eigenvalue weighted by Crippen LogP contribution is 2.41. The molecule has 1 aliphatic heterocycles. The number of rotatable bonds is 10. The van der Waals surface area contributed by atoms with E-state index in [2.05, 4.69) is 24.5 Å². The van der Waals surface area contributed by atoms with Gasteiger partial charge in [0.25, 0.3) is 0 Å². The lowest BCUT2D eigenvalue weighted by molar-refractivity contribution is 0.0203. The second-order valence-electron chi connectivity index (χ2n) is 7.67. The van der Waals surface area contributed by atoms with Gasteiger partial charge in [0.15, 0.2) is 5.96 Å².